The quantitative estimate of drug-likeness (QED) is 0.589. The molecule has 0 atom stereocenters. The molecule has 0 radical (unpaired) electrons. The molecule has 0 heterocycles. The highest BCUT2D eigenvalue weighted by Crippen LogP contribution is 2.22. The van der Waals surface area contributed by atoms with E-state index in [4.69, 9.17) is 10.5 Å². The number of hydrogen-bond acceptors (Lipinski definition) is 2. The first-order valence-corrected chi connectivity index (χ1v) is 8.85. The monoisotopic (exact) mass is 333 g/mol. The van der Waals surface area contributed by atoms with Crippen LogP contribution in [-0.2, 0) is 6.54 Å². The zero-order chi connectivity index (χ0) is 17.7. The highest BCUT2D eigenvalue weighted by Gasteiger charge is 1.97. The van der Waals surface area contributed by atoms with Gasteiger partial charge in [-0.1, -0.05) is 86.1 Å². The van der Waals surface area contributed by atoms with Crippen molar-refractivity contribution >= 4 is 0 Å². The van der Waals surface area contributed by atoms with Crippen molar-refractivity contribution in [2.24, 2.45) is 5.73 Å². The molecule has 0 bridgehead atoms. The molecule has 0 fully saturated rings. The van der Waals surface area contributed by atoms with Crippen LogP contribution in [0.25, 0.3) is 11.1 Å². The molecule has 0 saturated carbocycles. The van der Waals surface area contributed by atoms with Gasteiger partial charge in [0.1, 0.15) is 5.75 Å². The van der Waals surface area contributed by atoms with Gasteiger partial charge in [-0.15, -0.1) is 0 Å². The molecule has 0 amide bonds. The summed E-state index contributed by atoms with van der Waals surface area (Å²) in [6.07, 6.45) is 2.28. The minimum absolute atomic E-state index is 0.640. The Kier molecular flexibility index (Phi) is 8.30. The maximum absolute atomic E-state index is 5.64. The highest BCUT2D eigenvalue weighted by atomic mass is 16.5. The van der Waals surface area contributed by atoms with E-state index in [1.807, 2.05) is 48.5 Å². The van der Waals surface area contributed by atoms with E-state index < -0.39 is 0 Å². The molecule has 0 spiro atoms. The molecule has 2 heteroatoms. The lowest BCUT2D eigenvalue weighted by Crippen LogP contribution is -1.95. The molecule has 0 aliphatic carbocycles. The van der Waals surface area contributed by atoms with Crippen LogP contribution in [0.3, 0.4) is 0 Å². The van der Waals surface area contributed by atoms with Gasteiger partial charge < -0.3 is 10.5 Å². The van der Waals surface area contributed by atoms with Gasteiger partial charge in [0.15, 0.2) is 0 Å². The summed E-state index contributed by atoms with van der Waals surface area (Å²) >= 11 is 0. The zero-order valence-electron chi connectivity index (χ0n) is 14.9. The van der Waals surface area contributed by atoms with Crippen molar-refractivity contribution in [1.29, 1.82) is 0 Å². The van der Waals surface area contributed by atoms with Crippen molar-refractivity contribution < 1.29 is 4.74 Å². The second-order valence-electron chi connectivity index (χ2n) is 5.78. The predicted octanol–water partition coefficient (Wildman–Crippen LogP) is 5.68. The van der Waals surface area contributed by atoms with Crippen LogP contribution in [0.5, 0.6) is 5.75 Å². The zero-order valence-corrected chi connectivity index (χ0v) is 14.9. The fraction of sp³-hybridized carbons (Fsp3) is 0.217. The molecule has 25 heavy (non-hydrogen) atoms. The van der Waals surface area contributed by atoms with Gasteiger partial charge in [-0.05, 0) is 35.2 Å². The van der Waals surface area contributed by atoms with Crippen LogP contribution in [0.15, 0.2) is 84.9 Å². The fourth-order valence-electron chi connectivity index (χ4n) is 2.32. The van der Waals surface area contributed by atoms with Gasteiger partial charge >= 0.3 is 0 Å². The van der Waals surface area contributed by atoms with Crippen LogP contribution >= 0.6 is 0 Å². The van der Waals surface area contributed by atoms with Crippen LogP contribution in [0.2, 0.25) is 0 Å². The Morgan fingerprint density at radius 2 is 1.28 bits per heavy atom. The number of unbranched alkanes of at least 4 members (excludes halogenated alkanes) is 1. The summed E-state index contributed by atoms with van der Waals surface area (Å²) in [6.45, 7) is 3.61. The predicted molar refractivity (Wildman–Crippen MR) is 107 cm³/mol. The van der Waals surface area contributed by atoms with Crippen molar-refractivity contribution in [3.8, 4) is 16.9 Å². The smallest absolute Gasteiger partial charge is 0.119 e. The summed E-state index contributed by atoms with van der Waals surface area (Å²) in [6, 6.07) is 28.7. The normalized spacial score (nSPS) is 9.84. The Balaban J connectivity index is 0.000000236. The molecule has 3 aromatic carbocycles. The van der Waals surface area contributed by atoms with Crippen LogP contribution in [0.4, 0.5) is 0 Å². The molecular formula is C23H27NO. The first-order chi connectivity index (χ1) is 12.3. The van der Waals surface area contributed by atoms with Gasteiger partial charge in [0.25, 0.3) is 0 Å². The topological polar surface area (TPSA) is 35.2 Å². The van der Waals surface area contributed by atoms with E-state index in [0.717, 1.165) is 18.8 Å². The molecule has 0 aromatic heterocycles. The van der Waals surface area contributed by atoms with E-state index in [2.05, 4.69) is 43.3 Å². The Bertz CT molecular complexity index is 693. The van der Waals surface area contributed by atoms with E-state index in [9.17, 15) is 0 Å². The summed E-state index contributed by atoms with van der Waals surface area (Å²) in [5, 5.41) is 0. The number of hydrogen-bond donors (Lipinski definition) is 1. The molecule has 0 unspecified atom stereocenters. The summed E-state index contributed by atoms with van der Waals surface area (Å²) in [5.74, 6) is 0.957. The summed E-state index contributed by atoms with van der Waals surface area (Å²) in [5.41, 5.74) is 9.01. The standard InChI is InChI=1S/C16H18O.C7H9N/c1-2-3-13-17-16-11-9-15(10-12-16)14-7-5-4-6-8-14;8-6-7-4-2-1-3-5-7/h4-12H,2-3,13H2,1H3;1-5H,6,8H2. The lowest BCUT2D eigenvalue weighted by molar-refractivity contribution is 0.309. The van der Waals surface area contributed by atoms with Crippen LogP contribution in [0, 0.1) is 0 Å². The first kappa shape index (κ1) is 18.8. The van der Waals surface area contributed by atoms with Crippen molar-refractivity contribution in [1.82, 2.24) is 0 Å². The Hall–Kier alpha value is -2.58. The minimum atomic E-state index is 0.640. The van der Waals surface area contributed by atoms with Crippen LogP contribution in [-0.4, -0.2) is 6.61 Å². The third kappa shape index (κ3) is 6.82. The number of nitrogens with two attached hydrogens (primary N) is 1. The van der Waals surface area contributed by atoms with Crippen molar-refractivity contribution in [2.45, 2.75) is 26.3 Å². The molecule has 2 N–H and O–H groups in total. The first-order valence-electron chi connectivity index (χ1n) is 8.85. The van der Waals surface area contributed by atoms with Crippen LogP contribution < -0.4 is 10.5 Å². The molecule has 0 aliphatic heterocycles. The summed E-state index contributed by atoms with van der Waals surface area (Å²) in [4.78, 5) is 0. The van der Waals surface area contributed by atoms with Crippen molar-refractivity contribution in [2.75, 3.05) is 6.61 Å². The van der Waals surface area contributed by atoms with E-state index in [1.165, 1.54) is 23.1 Å². The molecule has 3 aromatic rings. The average Bonchev–Trinajstić information content (AvgIpc) is 2.70. The second kappa shape index (κ2) is 11.1. The van der Waals surface area contributed by atoms with Gasteiger partial charge in [0.2, 0.25) is 0 Å². The van der Waals surface area contributed by atoms with E-state index >= 15 is 0 Å². The molecule has 2 nitrogen and oxygen atoms in total. The second-order valence-corrected chi connectivity index (χ2v) is 5.78. The Morgan fingerprint density at radius 1 is 0.720 bits per heavy atom. The Morgan fingerprint density at radius 3 is 1.80 bits per heavy atom. The van der Waals surface area contributed by atoms with Gasteiger partial charge in [-0.3, -0.25) is 0 Å². The maximum Gasteiger partial charge on any atom is 0.119 e. The van der Waals surface area contributed by atoms with Gasteiger partial charge in [0.05, 0.1) is 6.61 Å². The van der Waals surface area contributed by atoms with Crippen LogP contribution in [0.1, 0.15) is 25.3 Å². The number of rotatable bonds is 6. The van der Waals surface area contributed by atoms with Crippen molar-refractivity contribution in [3.05, 3.63) is 90.5 Å². The largest absolute Gasteiger partial charge is 0.494 e. The molecule has 130 valence electrons. The minimum Gasteiger partial charge on any atom is -0.494 e. The van der Waals surface area contributed by atoms with Crippen molar-refractivity contribution in [3.63, 3.8) is 0 Å². The lowest BCUT2D eigenvalue weighted by atomic mass is 10.1. The molecular weight excluding hydrogens is 306 g/mol. The summed E-state index contributed by atoms with van der Waals surface area (Å²) in [7, 11) is 0. The SMILES string of the molecule is CCCCOc1ccc(-c2ccccc2)cc1.NCc1ccccc1. The third-order valence-corrected chi connectivity index (χ3v) is 3.81. The summed E-state index contributed by atoms with van der Waals surface area (Å²) < 4.78 is 5.64. The maximum atomic E-state index is 5.64. The Labute approximate surface area is 151 Å². The average molecular weight is 333 g/mol. The van der Waals surface area contributed by atoms with Gasteiger partial charge in [-0.25, -0.2) is 0 Å². The third-order valence-electron chi connectivity index (χ3n) is 3.81. The van der Waals surface area contributed by atoms with E-state index in [-0.39, 0.29) is 0 Å². The fourth-order valence-corrected chi connectivity index (χ4v) is 2.32. The number of ether oxygens (including phenoxy) is 1. The lowest BCUT2D eigenvalue weighted by Gasteiger charge is -2.06. The van der Waals surface area contributed by atoms with Gasteiger partial charge in [-0.2, -0.15) is 0 Å². The number of benzene rings is 3. The molecule has 0 aliphatic rings. The molecule has 0 saturated heterocycles. The molecule has 3 rings (SSSR count). The van der Waals surface area contributed by atoms with E-state index in [1.54, 1.807) is 0 Å². The van der Waals surface area contributed by atoms with E-state index in [0.29, 0.717) is 6.54 Å². The van der Waals surface area contributed by atoms with Gasteiger partial charge in [0, 0.05) is 6.54 Å². The highest BCUT2D eigenvalue weighted by molar-refractivity contribution is 5.63.